The smallest absolute Gasteiger partial charge is 0.292 e. The highest BCUT2D eigenvalue weighted by Gasteiger charge is 2.13. The number of nitrogens with one attached hydrogen (secondary N) is 1. The summed E-state index contributed by atoms with van der Waals surface area (Å²) in [6, 6.07) is 11.5. The van der Waals surface area contributed by atoms with Crippen LogP contribution in [0.5, 0.6) is 5.75 Å². The Morgan fingerprint density at radius 3 is 2.68 bits per heavy atom. The van der Waals surface area contributed by atoms with Gasteiger partial charge in [-0.1, -0.05) is 34.1 Å². The van der Waals surface area contributed by atoms with Gasteiger partial charge in [0, 0.05) is 22.6 Å². The lowest BCUT2D eigenvalue weighted by molar-refractivity contribution is -0.384. The predicted octanol–water partition coefficient (Wildman–Crippen LogP) is 3.68. The van der Waals surface area contributed by atoms with E-state index in [0.29, 0.717) is 17.8 Å². The van der Waals surface area contributed by atoms with Crippen molar-refractivity contribution in [3.8, 4) is 5.75 Å². The molecule has 0 saturated heterocycles. The average molecular weight is 323 g/mol. The molecule has 19 heavy (non-hydrogen) atoms. The molecule has 0 aliphatic heterocycles. The third-order valence-electron chi connectivity index (χ3n) is 2.62. The third kappa shape index (κ3) is 3.23. The van der Waals surface area contributed by atoms with Crippen LogP contribution >= 0.6 is 15.9 Å². The average Bonchev–Trinajstić information content (AvgIpc) is 2.37. The summed E-state index contributed by atoms with van der Waals surface area (Å²) in [7, 11) is 0. The highest BCUT2D eigenvalue weighted by atomic mass is 79.9. The molecule has 0 fully saturated rings. The molecular weight excluding hydrogens is 312 g/mol. The van der Waals surface area contributed by atoms with E-state index in [1.807, 2.05) is 0 Å². The summed E-state index contributed by atoms with van der Waals surface area (Å²) in [6.07, 6.45) is 0. The second kappa shape index (κ2) is 5.71. The molecule has 5 nitrogen and oxygen atoms in total. The summed E-state index contributed by atoms with van der Waals surface area (Å²) in [5.41, 5.74) is 1.08. The zero-order valence-corrected chi connectivity index (χ0v) is 11.4. The first-order valence-electron chi connectivity index (χ1n) is 5.52. The summed E-state index contributed by atoms with van der Waals surface area (Å²) >= 11 is 3.27. The number of phenolic OH excluding ortho intramolecular Hbond substituents is 1. The number of hydrogen-bond donors (Lipinski definition) is 2. The topological polar surface area (TPSA) is 75.4 Å². The van der Waals surface area contributed by atoms with Crippen molar-refractivity contribution in [3.05, 3.63) is 62.6 Å². The molecule has 0 radical (unpaired) electrons. The zero-order valence-electron chi connectivity index (χ0n) is 9.84. The molecule has 0 spiro atoms. The van der Waals surface area contributed by atoms with Crippen molar-refractivity contribution < 1.29 is 10.0 Å². The van der Waals surface area contributed by atoms with Gasteiger partial charge in [0.05, 0.1) is 4.92 Å². The fourth-order valence-corrected chi connectivity index (χ4v) is 2.02. The minimum atomic E-state index is -0.445. The lowest BCUT2D eigenvalue weighted by atomic mass is 10.2. The Bertz CT molecular complexity index is 617. The van der Waals surface area contributed by atoms with Gasteiger partial charge in [-0.2, -0.15) is 0 Å². The second-order valence-corrected chi connectivity index (χ2v) is 4.82. The molecule has 0 unspecified atom stereocenters. The van der Waals surface area contributed by atoms with Gasteiger partial charge in [0.15, 0.2) is 0 Å². The van der Waals surface area contributed by atoms with Crippen molar-refractivity contribution in [1.82, 2.24) is 0 Å². The van der Waals surface area contributed by atoms with Gasteiger partial charge >= 0.3 is 0 Å². The predicted molar refractivity (Wildman–Crippen MR) is 76.2 cm³/mol. The Hall–Kier alpha value is -2.08. The second-order valence-electron chi connectivity index (χ2n) is 3.90. The number of benzene rings is 2. The van der Waals surface area contributed by atoms with E-state index in [0.717, 1.165) is 4.47 Å². The highest BCUT2D eigenvalue weighted by Crippen LogP contribution is 2.29. The number of rotatable bonds is 4. The minimum absolute atomic E-state index is 0.00128. The third-order valence-corrected chi connectivity index (χ3v) is 3.11. The molecule has 2 aromatic carbocycles. The molecule has 6 heteroatoms. The first-order valence-corrected chi connectivity index (χ1v) is 6.32. The summed E-state index contributed by atoms with van der Waals surface area (Å²) in [5.74, 6) is 0.160. The number of nitro groups is 1. The molecule has 98 valence electrons. The first kappa shape index (κ1) is 13.4. The van der Waals surface area contributed by atoms with Gasteiger partial charge in [0.2, 0.25) is 0 Å². The van der Waals surface area contributed by atoms with E-state index in [-0.39, 0.29) is 11.4 Å². The highest BCUT2D eigenvalue weighted by molar-refractivity contribution is 9.10. The van der Waals surface area contributed by atoms with E-state index in [4.69, 9.17) is 0 Å². The standard InChI is InChI=1S/C13H11BrN2O3/c14-10-5-6-12(16(18)19)11(7-10)15-8-9-3-1-2-4-13(9)17/h1-7,15,17H,8H2. The molecule has 2 aromatic rings. The van der Waals surface area contributed by atoms with Crippen LogP contribution in [0.2, 0.25) is 0 Å². The van der Waals surface area contributed by atoms with E-state index in [2.05, 4.69) is 21.2 Å². The number of para-hydroxylation sites is 1. The van der Waals surface area contributed by atoms with Crippen molar-refractivity contribution in [1.29, 1.82) is 0 Å². The van der Waals surface area contributed by atoms with Gasteiger partial charge in [-0.15, -0.1) is 0 Å². The van der Waals surface area contributed by atoms with Gasteiger partial charge < -0.3 is 10.4 Å². The van der Waals surface area contributed by atoms with Gasteiger partial charge in [-0.25, -0.2) is 0 Å². The number of halogens is 1. The van der Waals surface area contributed by atoms with Crippen LogP contribution in [0, 0.1) is 10.1 Å². The number of aromatic hydroxyl groups is 1. The molecule has 2 rings (SSSR count). The van der Waals surface area contributed by atoms with Crippen LogP contribution in [0.3, 0.4) is 0 Å². The quantitative estimate of drug-likeness (QED) is 0.665. The number of nitro benzene ring substituents is 1. The van der Waals surface area contributed by atoms with Crippen molar-refractivity contribution >= 4 is 27.3 Å². The molecule has 2 N–H and O–H groups in total. The molecule has 0 saturated carbocycles. The molecule has 0 bridgehead atoms. The summed E-state index contributed by atoms with van der Waals surface area (Å²) in [5, 5.41) is 23.5. The molecule has 0 atom stereocenters. The van der Waals surface area contributed by atoms with Crippen LogP contribution in [-0.4, -0.2) is 10.0 Å². The van der Waals surface area contributed by atoms with Gasteiger partial charge in [0.25, 0.3) is 5.69 Å². The monoisotopic (exact) mass is 322 g/mol. The summed E-state index contributed by atoms with van der Waals surface area (Å²) < 4.78 is 0.748. The summed E-state index contributed by atoms with van der Waals surface area (Å²) in [4.78, 5) is 10.5. The van der Waals surface area contributed by atoms with Gasteiger partial charge in [-0.05, 0) is 18.2 Å². The van der Waals surface area contributed by atoms with Crippen molar-refractivity contribution in [2.24, 2.45) is 0 Å². The Kier molecular flexibility index (Phi) is 4.01. The van der Waals surface area contributed by atoms with Crippen LogP contribution in [-0.2, 0) is 6.54 Å². The van der Waals surface area contributed by atoms with Crippen LogP contribution < -0.4 is 5.32 Å². The zero-order chi connectivity index (χ0) is 13.8. The lowest BCUT2D eigenvalue weighted by Crippen LogP contribution is -2.02. The Labute approximate surface area is 118 Å². The van der Waals surface area contributed by atoms with E-state index in [9.17, 15) is 15.2 Å². The fraction of sp³-hybridized carbons (Fsp3) is 0.0769. The molecule has 0 aliphatic carbocycles. The Balaban J connectivity index is 2.22. The maximum Gasteiger partial charge on any atom is 0.292 e. The lowest BCUT2D eigenvalue weighted by Gasteiger charge is -2.09. The normalized spacial score (nSPS) is 10.2. The van der Waals surface area contributed by atoms with E-state index < -0.39 is 4.92 Å². The number of anilines is 1. The largest absolute Gasteiger partial charge is 0.508 e. The van der Waals surface area contributed by atoms with Crippen LogP contribution in [0.15, 0.2) is 46.9 Å². The Morgan fingerprint density at radius 2 is 2.00 bits per heavy atom. The maximum atomic E-state index is 10.9. The van der Waals surface area contributed by atoms with E-state index in [1.165, 1.54) is 6.07 Å². The summed E-state index contributed by atoms with van der Waals surface area (Å²) in [6.45, 7) is 0.309. The number of nitrogens with zero attached hydrogens (tertiary/aromatic N) is 1. The SMILES string of the molecule is O=[N+]([O-])c1ccc(Br)cc1NCc1ccccc1O. The van der Waals surface area contributed by atoms with E-state index in [1.54, 1.807) is 36.4 Å². The first-order chi connectivity index (χ1) is 9.08. The maximum absolute atomic E-state index is 10.9. The van der Waals surface area contributed by atoms with Crippen LogP contribution in [0.4, 0.5) is 11.4 Å². The van der Waals surface area contributed by atoms with Crippen molar-refractivity contribution in [3.63, 3.8) is 0 Å². The molecule has 0 aliphatic rings. The van der Waals surface area contributed by atoms with E-state index >= 15 is 0 Å². The molecule has 0 heterocycles. The molecule has 0 aromatic heterocycles. The molecule has 0 amide bonds. The fourth-order valence-electron chi connectivity index (χ4n) is 1.66. The van der Waals surface area contributed by atoms with Gasteiger partial charge in [0.1, 0.15) is 11.4 Å². The minimum Gasteiger partial charge on any atom is -0.508 e. The Morgan fingerprint density at radius 1 is 1.26 bits per heavy atom. The van der Waals surface area contributed by atoms with Crippen LogP contribution in [0.1, 0.15) is 5.56 Å². The number of phenols is 1. The van der Waals surface area contributed by atoms with Crippen LogP contribution in [0.25, 0.3) is 0 Å². The molecular formula is C13H11BrN2O3. The number of hydrogen-bond acceptors (Lipinski definition) is 4. The van der Waals surface area contributed by atoms with Crippen molar-refractivity contribution in [2.45, 2.75) is 6.54 Å². The van der Waals surface area contributed by atoms with Crippen molar-refractivity contribution in [2.75, 3.05) is 5.32 Å². The van der Waals surface area contributed by atoms with Gasteiger partial charge in [-0.3, -0.25) is 10.1 Å².